The maximum Gasteiger partial charge on any atom is 0.146 e. The first-order valence-corrected chi connectivity index (χ1v) is 41.0. The highest BCUT2D eigenvalue weighted by molar-refractivity contribution is 7.25. The van der Waals surface area contributed by atoms with Gasteiger partial charge in [-0.3, -0.25) is 9.97 Å². The Hall–Kier alpha value is -5.48. The average molecular weight is 1370 g/mol. The summed E-state index contributed by atoms with van der Waals surface area (Å²) in [6, 6.07) is 23.2. The average Bonchev–Trinajstić information content (AvgIpc) is 1.53. The predicted molar refractivity (Wildman–Crippen MR) is 412 cm³/mol. The van der Waals surface area contributed by atoms with E-state index < -0.39 is 0 Å². The number of ether oxygens (including phenoxy) is 2. The van der Waals surface area contributed by atoms with Crippen LogP contribution in [0.5, 0.6) is 11.5 Å². The molecule has 10 aromatic heterocycles. The zero-order chi connectivity index (χ0) is 65.8. The van der Waals surface area contributed by atoms with Gasteiger partial charge in [0.25, 0.3) is 0 Å². The van der Waals surface area contributed by atoms with Crippen molar-refractivity contribution in [1.82, 2.24) is 29.9 Å². The van der Waals surface area contributed by atoms with E-state index in [1.165, 1.54) is 93.5 Å². The Morgan fingerprint density at radius 2 is 0.681 bits per heavy atom. The van der Waals surface area contributed by atoms with Gasteiger partial charge < -0.3 is 9.47 Å². The molecule has 0 saturated heterocycles. The molecule has 0 radical (unpaired) electrons. The number of hydrogen-bond acceptors (Lipinski definition) is 14. The summed E-state index contributed by atoms with van der Waals surface area (Å²) >= 11 is 11.1. The van der Waals surface area contributed by atoms with Crippen molar-refractivity contribution in [3.8, 4) is 73.0 Å². The van der Waals surface area contributed by atoms with E-state index in [1.807, 2.05) is 45.3 Å². The Morgan fingerprint density at radius 3 is 1.03 bits per heavy atom. The molecule has 11 rings (SSSR count). The number of aryl methyl sites for hydroxylation is 4. The van der Waals surface area contributed by atoms with Crippen LogP contribution in [-0.2, 0) is 38.5 Å². The van der Waals surface area contributed by atoms with Gasteiger partial charge in [-0.05, 0) is 136 Å². The van der Waals surface area contributed by atoms with Gasteiger partial charge in [0.15, 0.2) is 0 Å². The summed E-state index contributed by atoms with van der Waals surface area (Å²) in [7, 11) is 0. The molecular weight excluding hydrogens is 1270 g/mol. The zero-order valence-corrected chi connectivity index (χ0v) is 63.1. The van der Waals surface area contributed by atoms with E-state index in [1.54, 1.807) is 22.7 Å². The number of rotatable bonds is 36. The fraction of sp³-hybridized carbons (Fsp3) is 0.500. The van der Waals surface area contributed by atoms with Crippen molar-refractivity contribution in [2.24, 2.45) is 23.7 Å². The van der Waals surface area contributed by atoms with E-state index in [9.17, 15) is 0 Å². The highest BCUT2D eigenvalue weighted by atomic mass is 32.1. The molecule has 11 aromatic rings. The lowest BCUT2D eigenvalue weighted by Crippen LogP contribution is -2.12. The monoisotopic (exact) mass is 1370 g/mol. The predicted octanol–water partition coefficient (Wildman–Crippen LogP) is 26.0. The van der Waals surface area contributed by atoms with Crippen LogP contribution in [0.3, 0.4) is 0 Å². The van der Waals surface area contributed by atoms with Gasteiger partial charge in [0.2, 0.25) is 0 Å². The van der Waals surface area contributed by atoms with Crippen LogP contribution in [0.2, 0.25) is 0 Å². The first kappa shape index (κ1) is 69.9. The van der Waals surface area contributed by atoms with Crippen molar-refractivity contribution in [1.29, 1.82) is 0 Å². The molecule has 498 valence electrons. The molecule has 0 bridgehead atoms. The van der Waals surface area contributed by atoms with Gasteiger partial charge in [0, 0.05) is 73.3 Å². The number of nitrogens with zero attached hydrogens (tertiary/aromatic N) is 6. The van der Waals surface area contributed by atoms with Crippen LogP contribution in [0.25, 0.3) is 104 Å². The Labute approximate surface area is 584 Å². The van der Waals surface area contributed by atoms with Crippen LogP contribution in [0.15, 0.2) is 73.1 Å². The minimum Gasteiger partial charge on any atom is -0.491 e. The largest absolute Gasteiger partial charge is 0.491 e. The third-order valence-corrected chi connectivity index (χ3v) is 26.6. The summed E-state index contributed by atoms with van der Waals surface area (Å²) in [5.41, 5.74) is 11.4. The maximum absolute atomic E-state index is 7.44. The van der Waals surface area contributed by atoms with E-state index >= 15 is 0 Å². The van der Waals surface area contributed by atoms with Crippen LogP contribution in [0.4, 0.5) is 0 Å². The molecule has 1 aromatic carbocycles. The second kappa shape index (κ2) is 33.2. The van der Waals surface area contributed by atoms with Crippen molar-refractivity contribution in [2.75, 3.05) is 13.2 Å². The summed E-state index contributed by atoms with van der Waals surface area (Å²) in [6.45, 7) is 28.6. The number of hydrogen-bond donors (Lipinski definition) is 0. The van der Waals surface area contributed by atoms with Gasteiger partial charge >= 0.3 is 0 Å². The zero-order valence-electron chi connectivity index (χ0n) is 58.2. The molecule has 4 atom stereocenters. The van der Waals surface area contributed by atoms with Crippen molar-refractivity contribution in [3.05, 3.63) is 106 Å². The molecule has 0 saturated carbocycles. The van der Waals surface area contributed by atoms with Gasteiger partial charge in [-0.15, -0.1) is 68.0 Å². The quantitative estimate of drug-likeness (QED) is 0.0383. The number of thiophene rings is 6. The minimum atomic E-state index is 0.418. The van der Waals surface area contributed by atoms with Crippen LogP contribution in [0.1, 0.15) is 218 Å². The number of unbranched alkanes of at least 4 members (excludes halogenated alkanes) is 4. The Morgan fingerprint density at radius 1 is 0.351 bits per heavy atom. The van der Waals surface area contributed by atoms with Crippen LogP contribution < -0.4 is 9.47 Å². The van der Waals surface area contributed by atoms with E-state index in [-0.39, 0.29) is 0 Å². The fourth-order valence-electron chi connectivity index (χ4n) is 13.4. The Bertz CT molecular complexity index is 3970. The number of pyridine rings is 2. The molecule has 8 nitrogen and oxygen atoms in total. The molecule has 0 aliphatic carbocycles. The second-order valence-electron chi connectivity index (χ2n) is 26.0. The third-order valence-electron chi connectivity index (χ3n) is 19.5. The SMILES string of the molecule is CCCCC(CC)COc1c2cc(-c3cnc(-c4ccc(-c5ccc(CC(CC)CCCC)s5)s4)c4nc(CC)c(CC)nc34)sc2c(OCC(CC)CCCC)c2cc(-c3cnc(-c4ccc(-c5ccc(CC(CC)CCCC)s5)s4)c4nc(CC)c(CC)nc34)sc12. The number of fused-ring (bicyclic) bond motifs is 4. The molecule has 0 N–H and O–H groups in total. The summed E-state index contributed by atoms with van der Waals surface area (Å²) in [4.78, 5) is 45.6. The highest BCUT2D eigenvalue weighted by Crippen LogP contribution is 2.55. The van der Waals surface area contributed by atoms with Crippen molar-refractivity contribution < 1.29 is 9.47 Å². The third kappa shape index (κ3) is 15.4. The second-order valence-corrected chi connectivity index (χ2v) is 32.6. The van der Waals surface area contributed by atoms with E-state index in [0.29, 0.717) is 25.0 Å². The number of aromatic nitrogens is 6. The minimum absolute atomic E-state index is 0.418. The van der Waals surface area contributed by atoms with Gasteiger partial charge in [0.05, 0.1) is 55.1 Å². The summed E-state index contributed by atoms with van der Waals surface area (Å²) in [5.74, 6) is 4.14. The molecule has 0 aliphatic heterocycles. The van der Waals surface area contributed by atoms with Crippen LogP contribution in [0, 0.1) is 23.7 Å². The van der Waals surface area contributed by atoms with Crippen LogP contribution >= 0.6 is 68.0 Å². The lowest BCUT2D eigenvalue weighted by Gasteiger charge is -2.19. The van der Waals surface area contributed by atoms with Crippen LogP contribution in [-0.4, -0.2) is 43.1 Å². The molecule has 10 heterocycles. The fourth-order valence-corrected chi connectivity index (χ4v) is 20.2. The van der Waals surface area contributed by atoms with E-state index in [4.69, 9.17) is 39.4 Å². The molecule has 0 spiro atoms. The lowest BCUT2D eigenvalue weighted by atomic mass is 9.95. The Balaban J connectivity index is 1.06. The normalized spacial score (nSPS) is 13.3. The Kier molecular flexibility index (Phi) is 24.7. The molecule has 0 aliphatic rings. The van der Waals surface area contributed by atoms with Crippen molar-refractivity contribution in [2.45, 2.75) is 224 Å². The van der Waals surface area contributed by atoms with Crippen molar-refractivity contribution >= 4 is 110 Å². The topological polar surface area (TPSA) is 95.8 Å². The summed E-state index contributed by atoms with van der Waals surface area (Å²) < 4.78 is 17.0. The molecule has 0 amide bonds. The first-order valence-electron chi connectivity index (χ1n) is 36.1. The molecule has 94 heavy (non-hydrogen) atoms. The van der Waals surface area contributed by atoms with Crippen molar-refractivity contribution in [3.63, 3.8) is 0 Å². The lowest BCUT2D eigenvalue weighted by molar-refractivity contribution is 0.235. The van der Waals surface area contributed by atoms with E-state index in [2.05, 4.69) is 156 Å². The maximum atomic E-state index is 7.44. The number of benzene rings is 1. The smallest absolute Gasteiger partial charge is 0.146 e. The first-order chi connectivity index (χ1) is 46.0. The highest BCUT2D eigenvalue weighted by Gasteiger charge is 2.29. The van der Waals surface area contributed by atoms with Gasteiger partial charge in [0.1, 0.15) is 45.0 Å². The van der Waals surface area contributed by atoms with Gasteiger partial charge in [-0.25, -0.2) is 19.9 Å². The summed E-state index contributed by atoms with van der Waals surface area (Å²) in [6.07, 6.45) is 28.8. The molecular formula is C80H100N6O2S6. The standard InChI is InChI=1S/C80H100N6O2S6/c1-13-25-29-49(17-5)41-53-33-35-63(89-53)65-37-39-67(91-65)73-75-71(83-59(21-9)61(23-11)85-75)57(45-81-73)69-43-55-77(87-47-51(19-7)31-27-15-3)80-56(78(79(55)93-69)88-48-52(20-8)32-28-16-4)44-70(94-80)58-46-82-74(76-72(58)84-60(22-10)62(24-12)86-76)68-40-38-66(92-68)64-36-34-54(90-64)42-50(18-6)30-26-14-2/h33-40,43-46,49-52H,13-32,41-42,47-48H2,1-12H3. The van der Waals surface area contributed by atoms with Gasteiger partial charge in [-0.2, -0.15) is 0 Å². The van der Waals surface area contributed by atoms with E-state index in [0.717, 1.165) is 207 Å². The molecule has 14 heteroatoms. The van der Waals surface area contributed by atoms with Gasteiger partial charge in [-0.1, -0.05) is 173 Å². The summed E-state index contributed by atoms with van der Waals surface area (Å²) in [5, 5.41) is 2.13. The molecule has 0 fully saturated rings. The molecule has 4 unspecified atom stereocenters.